The van der Waals surface area contributed by atoms with E-state index in [1.807, 2.05) is 25.1 Å². The molecule has 0 bridgehead atoms. The van der Waals surface area contributed by atoms with Crippen molar-refractivity contribution in [3.63, 3.8) is 0 Å². The van der Waals surface area contributed by atoms with Gasteiger partial charge in [-0.3, -0.25) is 4.79 Å². The normalized spacial score (nSPS) is 14.3. The van der Waals surface area contributed by atoms with Gasteiger partial charge in [-0.1, -0.05) is 13.0 Å². The van der Waals surface area contributed by atoms with E-state index in [1.54, 1.807) is 35.2 Å². The Morgan fingerprint density at radius 1 is 1.30 bits per heavy atom. The van der Waals surface area contributed by atoms with E-state index >= 15 is 0 Å². The number of anilines is 1. The Balaban J connectivity index is 1.80. The maximum absolute atomic E-state index is 12.1. The zero-order valence-electron chi connectivity index (χ0n) is 16.9. The molecular formula is C23H25N3O4. The van der Waals surface area contributed by atoms with Gasteiger partial charge in [0, 0.05) is 24.2 Å². The highest BCUT2D eigenvalue weighted by Gasteiger charge is 2.25. The Kier molecular flexibility index (Phi) is 6.91. The molecule has 2 aromatic carbocycles. The quantitative estimate of drug-likeness (QED) is 0.661. The molecule has 0 aromatic heterocycles. The lowest BCUT2D eigenvalue weighted by atomic mass is 10.0. The summed E-state index contributed by atoms with van der Waals surface area (Å²) in [6, 6.07) is 13.2. The highest BCUT2D eigenvalue weighted by molar-refractivity contribution is 5.80. The molecule has 1 unspecified atom stereocenters. The van der Waals surface area contributed by atoms with Gasteiger partial charge in [0.25, 0.3) is 0 Å². The molecule has 1 atom stereocenters. The molecule has 0 spiro atoms. The van der Waals surface area contributed by atoms with E-state index in [-0.39, 0.29) is 5.91 Å². The molecule has 0 radical (unpaired) electrons. The van der Waals surface area contributed by atoms with Crippen molar-refractivity contribution in [2.75, 3.05) is 25.0 Å². The zero-order chi connectivity index (χ0) is 21.5. The van der Waals surface area contributed by atoms with Crippen LogP contribution in [0.4, 0.5) is 5.69 Å². The highest BCUT2D eigenvalue weighted by atomic mass is 16.5. The monoisotopic (exact) mass is 407 g/mol. The summed E-state index contributed by atoms with van der Waals surface area (Å²) in [5.41, 5.74) is 2.62. The number of hydrogen-bond donors (Lipinski definition) is 2. The molecule has 3 rings (SSSR count). The summed E-state index contributed by atoms with van der Waals surface area (Å²) in [5, 5.41) is 21.9. The number of benzene rings is 2. The number of carboxylic acid groups (broad SMARTS) is 1. The van der Waals surface area contributed by atoms with Crippen molar-refractivity contribution in [2.45, 2.75) is 32.2 Å². The van der Waals surface area contributed by atoms with Crippen LogP contribution in [0.25, 0.3) is 0 Å². The second kappa shape index (κ2) is 9.79. The second-order valence-electron chi connectivity index (χ2n) is 7.16. The highest BCUT2D eigenvalue weighted by Crippen LogP contribution is 2.30. The zero-order valence-corrected chi connectivity index (χ0v) is 16.9. The second-order valence-corrected chi connectivity index (χ2v) is 7.16. The minimum absolute atomic E-state index is 0.131. The maximum Gasteiger partial charge on any atom is 0.330 e. The summed E-state index contributed by atoms with van der Waals surface area (Å²) in [5.74, 6) is -0.425. The number of carbonyl (C=O) groups is 2. The molecule has 7 heteroatoms. The van der Waals surface area contributed by atoms with Gasteiger partial charge in [0.05, 0.1) is 18.2 Å². The SMILES string of the molecule is CCc1ccc(OCCN2CCCC2=O)c(C(Nc2ccc(C#N)cc2)C(=O)O)c1. The summed E-state index contributed by atoms with van der Waals surface area (Å²) in [6.45, 7) is 3.52. The molecule has 1 amide bonds. The van der Waals surface area contributed by atoms with Crippen molar-refractivity contribution in [1.29, 1.82) is 5.26 Å². The molecule has 156 valence electrons. The van der Waals surface area contributed by atoms with Gasteiger partial charge in [-0.2, -0.15) is 5.26 Å². The van der Waals surface area contributed by atoms with Gasteiger partial charge in [0.2, 0.25) is 5.91 Å². The van der Waals surface area contributed by atoms with Gasteiger partial charge in [0.15, 0.2) is 6.04 Å². The summed E-state index contributed by atoms with van der Waals surface area (Å²) >= 11 is 0. The summed E-state index contributed by atoms with van der Waals surface area (Å²) in [6.07, 6.45) is 2.20. The van der Waals surface area contributed by atoms with Crippen molar-refractivity contribution in [3.05, 3.63) is 59.2 Å². The number of aliphatic carboxylic acids is 1. The average Bonchev–Trinajstić information content (AvgIpc) is 3.17. The number of aryl methyl sites for hydroxylation is 1. The van der Waals surface area contributed by atoms with E-state index in [9.17, 15) is 14.7 Å². The van der Waals surface area contributed by atoms with Gasteiger partial charge >= 0.3 is 5.97 Å². The van der Waals surface area contributed by atoms with Gasteiger partial charge in [0.1, 0.15) is 12.4 Å². The molecule has 1 aliphatic rings. The van der Waals surface area contributed by atoms with Crippen LogP contribution >= 0.6 is 0 Å². The fourth-order valence-electron chi connectivity index (χ4n) is 3.46. The summed E-state index contributed by atoms with van der Waals surface area (Å²) in [7, 11) is 0. The smallest absolute Gasteiger partial charge is 0.330 e. The molecule has 2 N–H and O–H groups in total. The molecule has 1 saturated heterocycles. The van der Waals surface area contributed by atoms with Crippen molar-refractivity contribution in [1.82, 2.24) is 4.90 Å². The summed E-state index contributed by atoms with van der Waals surface area (Å²) < 4.78 is 5.91. The average molecular weight is 407 g/mol. The fourth-order valence-corrected chi connectivity index (χ4v) is 3.46. The standard InChI is InChI=1S/C23H25N3O4/c1-2-16-7-10-20(30-13-12-26-11-3-4-21(26)27)19(14-16)22(23(28)29)25-18-8-5-17(15-24)6-9-18/h5-10,14,22,25H,2-4,11-13H2,1H3,(H,28,29). The first-order valence-corrected chi connectivity index (χ1v) is 10.0. The number of carbonyl (C=O) groups excluding carboxylic acids is 1. The predicted molar refractivity (Wildman–Crippen MR) is 112 cm³/mol. The first-order valence-electron chi connectivity index (χ1n) is 10.0. The van der Waals surface area contributed by atoms with Gasteiger partial charge in [-0.05, 0) is 54.8 Å². The third-order valence-electron chi connectivity index (χ3n) is 5.16. The van der Waals surface area contributed by atoms with Gasteiger partial charge < -0.3 is 20.1 Å². The number of amides is 1. The largest absolute Gasteiger partial charge is 0.491 e. The van der Waals surface area contributed by atoms with E-state index in [2.05, 4.69) is 5.32 Å². The van der Waals surface area contributed by atoms with Crippen LogP contribution in [0.1, 0.15) is 42.5 Å². The minimum Gasteiger partial charge on any atom is -0.491 e. The number of ether oxygens (including phenoxy) is 1. The third-order valence-corrected chi connectivity index (χ3v) is 5.16. The number of likely N-dealkylation sites (tertiary alicyclic amines) is 1. The van der Waals surface area contributed by atoms with E-state index in [0.29, 0.717) is 42.1 Å². The van der Waals surface area contributed by atoms with Gasteiger partial charge in [-0.25, -0.2) is 4.79 Å². The molecule has 2 aromatic rings. The number of nitrogens with zero attached hydrogens (tertiary/aromatic N) is 2. The first-order chi connectivity index (χ1) is 14.5. The van der Waals surface area contributed by atoms with Crippen molar-refractivity contribution < 1.29 is 19.4 Å². The Morgan fingerprint density at radius 3 is 2.67 bits per heavy atom. The van der Waals surface area contributed by atoms with Crippen molar-refractivity contribution >= 4 is 17.6 Å². The van der Waals surface area contributed by atoms with Crippen molar-refractivity contribution in [2.24, 2.45) is 0 Å². The van der Waals surface area contributed by atoms with Crippen LogP contribution in [0.2, 0.25) is 0 Å². The number of carboxylic acids is 1. The third kappa shape index (κ3) is 5.09. The Hall–Kier alpha value is -3.53. The molecule has 30 heavy (non-hydrogen) atoms. The molecule has 0 aliphatic carbocycles. The Labute approximate surface area is 175 Å². The number of nitriles is 1. The van der Waals surface area contributed by atoms with Crippen LogP contribution in [-0.4, -0.2) is 41.6 Å². The van der Waals surface area contributed by atoms with Crippen LogP contribution in [0.15, 0.2) is 42.5 Å². The topological polar surface area (TPSA) is 103 Å². The maximum atomic E-state index is 12.1. The Bertz CT molecular complexity index is 950. The molecule has 1 fully saturated rings. The lowest BCUT2D eigenvalue weighted by Crippen LogP contribution is -2.29. The lowest BCUT2D eigenvalue weighted by Gasteiger charge is -2.22. The predicted octanol–water partition coefficient (Wildman–Crippen LogP) is 3.36. The van der Waals surface area contributed by atoms with Crippen LogP contribution in [0.5, 0.6) is 5.75 Å². The molecule has 7 nitrogen and oxygen atoms in total. The van der Waals surface area contributed by atoms with Crippen LogP contribution < -0.4 is 10.1 Å². The lowest BCUT2D eigenvalue weighted by molar-refractivity contribution is -0.138. The van der Waals surface area contributed by atoms with E-state index < -0.39 is 12.0 Å². The summed E-state index contributed by atoms with van der Waals surface area (Å²) in [4.78, 5) is 25.6. The molecule has 0 saturated carbocycles. The number of hydrogen-bond acceptors (Lipinski definition) is 5. The van der Waals surface area contributed by atoms with Crippen LogP contribution in [0.3, 0.4) is 0 Å². The van der Waals surface area contributed by atoms with Gasteiger partial charge in [-0.15, -0.1) is 0 Å². The van der Waals surface area contributed by atoms with E-state index in [0.717, 1.165) is 24.9 Å². The Morgan fingerprint density at radius 2 is 2.07 bits per heavy atom. The fraction of sp³-hybridized carbons (Fsp3) is 0.348. The first kappa shape index (κ1) is 21.2. The van der Waals surface area contributed by atoms with E-state index in [4.69, 9.17) is 10.00 Å². The molecule has 1 aliphatic heterocycles. The van der Waals surface area contributed by atoms with Crippen LogP contribution in [-0.2, 0) is 16.0 Å². The number of rotatable bonds is 9. The van der Waals surface area contributed by atoms with E-state index in [1.165, 1.54) is 0 Å². The molecule has 1 heterocycles. The molecular weight excluding hydrogens is 382 g/mol. The van der Waals surface area contributed by atoms with Crippen molar-refractivity contribution in [3.8, 4) is 11.8 Å². The number of nitrogens with one attached hydrogen (secondary N) is 1. The minimum atomic E-state index is -1.04. The van der Waals surface area contributed by atoms with Crippen LogP contribution in [0, 0.1) is 11.3 Å².